The first kappa shape index (κ1) is 17.5. The molecule has 6 heteroatoms. The Kier molecular flexibility index (Phi) is 9.58. The molecule has 1 rings (SSSR count). The molecular weight excluding hydrogens is 224 g/mol. The van der Waals surface area contributed by atoms with E-state index in [4.69, 9.17) is 5.11 Å². The van der Waals surface area contributed by atoms with E-state index < -0.39 is 11.9 Å². The summed E-state index contributed by atoms with van der Waals surface area (Å²) in [5.41, 5.74) is 0. The SMILES string of the molecule is CN(C)C.N.O=C(O)C(=O)Oc1ccccc1. The van der Waals surface area contributed by atoms with Crippen molar-refractivity contribution in [3.05, 3.63) is 30.3 Å². The van der Waals surface area contributed by atoms with E-state index in [0.29, 0.717) is 0 Å². The monoisotopic (exact) mass is 242 g/mol. The average Bonchev–Trinajstić information content (AvgIpc) is 2.18. The second-order valence-corrected chi connectivity index (χ2v) is 3.35. The number of carboxylic acid groups (broad SMARTS) is 1. The smallest absolute Gasteiger partial charge is 0.422 e. The predicted octanol–water partition coefficient (Wildman–Crippen LogP) is 1.02. The van der Waals surface area contributed by atoms with Crippen molar-refractivity contribution >= 4 is 11.9 Å². The highest BCUT2D eigenvalue weighted by Gasteiger charge is 2.13. The quantitative estimate of drug-likeness (QED) is 0.433. The van der Waals surface area contributed by atoms with Crippen LogP contribution in [0, 0.1) is 0 Å². The van der Waals surface area contributed by atoms with E-state index >= 15 is 0 Å². The largest absolute Gasteiger partial charge is 0.473 e. The summed E-state index contributed by atoms with van der Waals surface area (Å²) in [6.07, 6.45) is 0. The van der Waals surface area contributed by atoms with Gasteiger partial charge in [-0.15, -0.1) is 0 Å². The molecule has 6 nitrogen and oxygen atoms in total. The molecule has 4 N–H and O–H groups in total. The molecule has 0 aliphatic rings. The number of ether oxygens (including phenoxy) is 1. The van der Waals surface area contributed by atoms with Gasteiger partial charge in [-0.2, -0.15) is 0 Å². The Balaban J connectivity index is 0. The second-order valence-electron chi connectivity index (χ2n) is 3.35. The number of hydrogen-bond donors (Lipinski definition) is 2. The summed E-state index contributed by atoms with van der Waals surface area (Å²) in [4.78, 5) is 22.5. The fourth-order valence-corrected chi connectivity index (χ4v) is 0.639. The van der Waals surface area contributed by atoms with Crippen LogP contribution >= 0.6 is 0 Å². The minimum Gasteiger partial charge on any atom is -0.473 e. The summed E-state index contributed by atoms with van der Waals surface area (Å²) in [7, 11) is 6.00. The Morgan fingerprint density at radius 2 is 1.53 bits per heavy atom. The number of hydrogen-bond acceptors (Lipinski definition) is 5. The van der Waals surface area contributed by atoms with Gasteiger partial charge >= 0.3 is 11.9 Å². The highest BCUT2D eigenvalue weighted by atomic mass is 16.6. The normalized spacial score (nSPS) is 8.47. The molecule has 0 aromatic heterocycles. The van der Waals surface area contributed by atoms with Gasteiger partial charge in [-0.05, 0) is 33.3 Å². The second kappa shape index (κ2) is 9.32. The van der Waals surface area contributed by atoms with Crippen LogP contribution in [0.3, 0.4) is 0 Å². The van der Waals surface area contributed by atoms with Crippen molar-refractivity contribution < 1.29 is 19.4 Å². The Morgan fingerprint density at radius 1 is 1.12 bits per heavy atom. The molecule has 0 amide bonds. The molecule has 1 aromatic carbocycles. The molecule has 0 aliphatic heterocycles. The van der Waals surface area contributed by atoms with E-state index in [1.165, 1.54) is 12.1 Å². The van der Waals surface area contributed by atoms with Gasteiger partial charge < -0.3 is 20.9 Å². The number of esters is 1. The van der Waals surface area contributed by atoms with Crippen molar-refractivity contribution in [1.29, 1.82) is 0 Å². The maximum Gasteiger partial charge on any atom is 0.422 e. The summed E-state index contributed by atoms with van der Waals surface area (Å²) >= 11 is 0. The highest BCUT2D eigenvalue weighted by molar-refractivity contribution is 6.29. The zero-order chi connectivity index (χ0) is 12.6. The number of rotatable bonds is 1. The molecule has 0 fully saturated rings. The van der Waals surface area contributed by atoms with Crippen molar-refractivity contribution in [3.63, 3.8) is 0 Å². The molecule has 17 heavy (non-hydrogen) atoms. The number of para-hydroxylation sites is 1. The Bertz CT molecular complexity index is 336. The summed E-state index contributed by atoms with van der Waals surface area (Å²) < 4.78 is 4.44. The molecule has 0 unspecified atom stereocenters. The lowest BCUT2D eigenvalue weighted by Crippen LogP contribution is -2.19. The Morgan fingerprint density at radius 3 is 1.88 bits per heavy atom. The lowest BCUT2D eigenvalue weighted by Gasteiger charge is -1.98. The van der Waals surface area contributed by atoms with Crippen LogP contribution in [0.2, 0.25) is 0 Å². The Hall–Kier alpha value is -1.92. The van der Waals surface area contributed by atoms with E-state index in [-0.39, 0.29) is 11.9 Å². The van der Waals surface area contributed by atoms with E-state index in [9.17, 15) is 9.59 Å². The van der Waals surface area contributed by atoms with Crippen LogP contribution in [0.15, 0.2) is 30.3 Å². The molecule has 96 valence electrons. The van der Waals surface area contributed by atoms with E-state index in [0.717, 1.165) is 0 Å². The van der Waals surface area contributed by atoms with E-state index in [1.807, 2.05) is 26.0 Å². The highest BCUT2D eigenvalue weighted by Crippen LogP contribution is 2.07. The third-order valence-electron chi connectivity index (χ3n) is 1.13. The molecule has 0 atom stereocenters. The summed E-state index contributed by atoms with van der Waals surface area (Å²) in [5, 5.41) is 8.17. The average molecular weight is 242 g/mol. The van der Waals surface area contributed by atoms with E-state index in [2.05, 4.69) is 4.74 Å². The summed E-state index contributed by atoms with van der Waals surface area (Å²) in [6, 6.07) is 8.02. The van der Waals surface area contributed by atoms with Crippen LogP contribution in [0.4, 0.5) is 0 Å². The number of carboxylic acids is 1. The fraction of sp³-hybridized carbons (Fsp3) is 0.273. The first-order chi connectivity index (χ1) is 7.43. The molecule has 1 aromatic rings. The van der Waals surface area contributed by atoms with Gasteiger partial charge in [0.1, 0.15) is 5.75 Å². The molecule has 0 saturated heterocycles. The number of carbonyl (C=O) groups is 2. The van der Waals surface area contributed by atoms with Gasteiger partial charge in [0.15, 0.2) is 0 Å². The number of nitrogens with zero attached hydrogens (tertiary/aromatic N) is 1. The third kappa shape index (κ3) is 10.4. The molecule has 0 saturated carbocycles. The summed E-state index contributed by atoms with van der Waals surface area (Å²) in [6.45, 7) is 0. The van der Waals surface area contributed by atoms with Crippen LogP contribution in [0.25, 0.3) is 0 Å². The maximum absolute atomic E-state index is 10.5. The van der Waals surface area contributed by atoms with Gasteiger partial charge in [-0.1, -0.05) is 18.2 Å². The lowest BCUT2D eigenvalue weighted by atomic mass is 10.3. The van der Waals surface area contributed by atoms with Gasteiger partial charge in [0.2, 0.25) is 0 Å². The molecule has 0 heterocycles. The zero-order valence-corrected chi connectivity index (χ0v) is 10.2. The fourth-order valence-electron chi connectivity index (χ4n) is 0.639. The number of aliphatic carboxylic acids is 1. The minimum absolute atomic E-state index is 0. The van der Waals surface area contributed by atoms with Crippen LogP contribution in [-0.4, -0.2) is 43.1 Å². The molecular formula is C11H18N2O4. The minimum atomic E-state index is -1.60. The van der Waals surface area contributed by atoms with Crippen LogP contribution in [-0.2, 0) is 9.59 Å². The van der Waals surface area contributed by atoms with Gasteiger partial charge in [0.05, 0.1) is 0 Å². The first-order valence-corrected chi connectivity index (χ1v) is 4.54. The van der Waals surface area contributed by atoms with Crippen molar-refractivity contribution in [1.82, 2.24) is 11.1 Å². The van der Waals surface area contributed by atoms with Crippen molar-refractivity contribution in [2.45, 2.75) is 0 Å². The maximum atomic E-state index is 10.5. The topological polar surface area (TPSA) is 102 Å². The molecule has 0 bridgehead atoms. The predicted molar refractivity (Wildman–Crippen MR) is 64.3 cm³/mol. The van der Waals surface area contributed by atoms with E-state index in [1.54, 1.807) is 18.2 Å². The van der Waals surface area contributed by atoms with Gasteiger partial charge in [-0.3, -0.25) is 0 Å². The van der Waals surface area contributed by atoms with Crippen molar-refractivity contribution in [2.75, 3.05) is 21.1 Å². The van der Waals surface area contributed by atoms with Crippen LogP contribution < -0.4 is 10.9 Å². The third-order valence-corrected chi connectivity index (χ3v) is 1.13. The van der Waals surface area contributed by atoms with Crippen LogP contribution in [0.1, 0.15) is 0 Å². The molecule has 0 radical (unpaired) electrons. The van der Waals surface area contributed by atoms with Crippen LogP contribution in [0.5, 0.6) is 5.75 Å². The zero-order valence-electron chi connectivity index (χ0n) is 10.2. The van der Waals surface area contributed by atoms with Crippen molar-refractivity contribution in [2.24, 2.45) is 0 Å². The van der Waals surface area contributed by atoms with Gasteiger partial charge in [0.25, 0.3) is 0 Å². The summed E-state index contributed by atoms with van der Waals surface area (Å²) in [5.74, 6) is -2.65. The first-order valence-electron chi connectivity index (χ1n) is 4.54. The lowest BCUT2D eigenvalue weighted by molar-refractivity contribution is -0.158. The van der Waals surface area contributed by atoms with Gasteiger partial charge in [-0.25, -0.2) is 9.59 Å². The molecule has 0 aliphatic carbocycles. The standard InChI is InChI=1S/C8H6O4.C3H9N.H3N/c9-7(10)8(11)12-6-4-2-1-3-5-6;1-4(2)3;/h1-5H,(H,9,10);1-3H3;1H3. The Labute approximate surface area is 100 Å². The molecule has 0 spiro atoms. The number of carbonyl (C=O) groups excluding carboxylic acids is 1. The van der Waals surface area contributed by atoms with Crippen molar-refractivity contribution in [3.8, 4) is 5.75 Å². The van der Waals surface area contributed by atoms with Gasteiger partial charge in [0, 0.05) is 0 Å². The number of benzene rings is 1.